The van der Waals surface area contributed by atoms with E-state index in [-0.39, 0.29) is 0 Å². The van der Waals surface area contributed by atoms with Crippen LogP contribution in [0.4, 0.5) is 11.4 Å². The summed E-state index contributed by atoms with van der Waals surface area (Å²) in [6.07, 6.45) is 0. The molecule has 0 saturated heterocycles. The van der Waals surface area contributed by atoms with Crippen LogP contribution in [0.15, 0.2) is 192 Å². The lowest BCUT2D eigenvalue weighted by Gasteiger charge is -2.24. The predicted molar refractivity (Wildman–Crippen MR) is 246 cm³/mol. The molecule has 2 N–H and O–H groups in total. The predicted octanol–water partition coefficient (Wildman–Crippen LogP) is 11.1. The van der Waals surface area contributed by atoms with Crippen LogP contribution in [0.25, 0.3) is 0 Å². The monoisotopic (exact) mass is 766 g/mol. The van der Waals surface area contributed by atoms with Crippen LogP contribution in [0.5, 0.6) is 0 Å². The molecular formula is C50H48N4P2. The minimum Gasteiger partial charge on any atom is -0.339 e. The first-order valence-corrected chi connectivity index (χ1v) is 21.8. The van der Waals surface area contributed by atoms with Gasteiger partial charge in [0.1, 0.15) is 11.2 Å². The number of nitrogens with zero attached hydrogens (tertiary/aromatic N) is 2. The first-order chi connectivity index (χ1) is 27.4. The molecule has 0 unspecified atom stereocenters. The Morgan fingerprint density at radius 1 is 0.357 bits per heavy atom. The van der Waals surface area contributed by atoms with E-state index in [4.69, 9.17) is 9.98 Å². The summed E-state index contributed by atoms with van der Waals surface area (Å²) in [5.41, 5.74) is 11.3. The summed E-state index contributed by atoms with van der Waals surface area (Å²) in [7, 11) is -1.87. The van der Waals surface area contributed by atoms with Crippen molar-refractivity contribution in [1.82, 2.24) is 0 Å². The van der Waals surface area contributed by atoms with Crippen molar-refractivity contribution in [3.05, 3.63) is 215 Å². The molecule has 0 spiro atoms. The van der Waals surface area contributed by atoms with Crippen LogP contribution in [0.2, 0.25) is 0 Å². The van der Waals surface area contributed by atoms with Gasteiger partial charge in [-0.25, -0.2) is 0 Å². The first kappa shape index (κ1) is 38.6. The molecule has 6 heteroatoms. The topological polar surface area (TPSA) is 48.8 Å². The summed E-state index contributed by atoms with van der Waals surface area (Å²) in [4.78, 5) is 10.8. The van der Waals surface area contributed by atoms with Crippen molar-refractivity contribution in [2.45, 2.75) is 40.8 Å². The Kier molecular flexibility index (Phi) is 13.0. The number of aliphatic imine (C=N–C) groups is 2. The fourth-order valence-corrected chi connectivity index (χ4v) is 11.1. The molecule has 0 radical (unpaired) electrons. The fourth-order valence-electron chi connectivity index (χ4n) is 6.76. The van der Waals surface area contributed by atoms with Gasteiger partial charge in [0.2, 0.25) is 0 Å². The quantitative estimate of drug-likeness (QED) is 0.0739. The van der Waals surface area contributed by atoms with Crippen LogP contribution in [-0.4, -0.2) is 11.2 Å². The molecule has 56 heavy (non-hydrogen) atoms. The van der Waals surface area contributed by atoms with Crippen LogP contribution >= 0.6 is 15.8 Å². The summed E-state index contributed by atoms with van der Waals surface area (Å²) in [5.74, 6) is 0. The van der Waals surface area contributed by atoms with Gasteiger partial charge in [0, 0.05) is 27.2 Å². The third kappa shape index (κ3) is 9.58. The lowest BCUT2D eigenvalue weighted by Crippen LogP contribution is -2.24. The van der Waals surface area contributed by atoms with Crippen molar-refractivity contribution >= 4 is 59.6 Å². The van der Waals surface area contributed by atoms with Gasteiger partial charge in [-0.05, 0) is 82.3 Å². The average molecular weight is 767 g/mol. The van der Waals surface area contributed by atoms with Crippen molar-refractivity contribution in [3.63, 3.8) is 0 Å². The Morgan fingerprint density at radius 2 is 0.625 bits per heavy atom. The van der Waals surface area contributed by atoms with E-state index in [0.717, 1.165) is 33.7 Å². The number of aryl methyl sites for hydroxylation is 4. The average Bonchev–Trinajstić information content (AvgIpc) is 3.23. The zero-order valence-corrected chi connectivity index (χ0v) is 34.3. The Balaban J connectivity index is 1.21. The molecule has 0 fully saturated rings. The van der Waals surface area contributed by atoms with Crippen LogP contribution in [0.3, 0.4) is 0 Å². The molecular weight excluding hydrogens is 719 g/mol. The molecule has 7 aromatic rings. The summed E-state index contributed by atoms with van der Waals surface area (Å²) < 4.78 is 0. The zero-order chi connectivity index (χ0) is 38.7. The molecule has 0 heterocycles. The van der Waals surface area contributed by atoms with Gasteiger partial charge in [-0.1, -0.05) is 182 Å². The van der Waals surface area contributed by atoms with Crippen LogP contribution in [0.1, 0.15) is 33.4 Å². The maximum absolute atomic E-state index is 5.38. The van der Waals surface area contributed by atoms with E-state index in [0.29, 0.717) is 13.1 Å². The maximum atomic E-state index is 5.38. The molecule has 0 aliphatic carbocycles. The lowest BCUT2D eigenvalue weighted by atomic mass is 10.1. The highest BCUT2D eigenvalue weighted by Gasteiger charge is 2.23. The highest BCUT2D eigenvalue weighted by Crippen LogP contribution is 2.39. The summed E-state index contributed by atoms with van der Waals surface area (Å²) in [5, 5.41) is 12.7. The normalized spacial score (nSPS) is 11.9. The Morgan fingerprint density at radius 3 is 0.893 bits per heavy atom. The van der Waals surface area contributed by atoms with Crippen LogP contribution < -0.4 is 31.9 Å². The molecule has 0 aliphatic heterocycles. The van der Waals surface area contributed by atoms with E-state index in [1.807, 2.05) is 0 Å². The van der Waals surface area contributed by atoms with E-state index < -0.39 is 15.8 Å². The van der Waals surface area contributed by atoms with Gasteiger partial charge in [-0.3, -0.25) is 9.98 Å². The van der Waals surface area contributed by atoms with Crippen molar-refractivity contribution < 1.29 is 0 Å². The lowest BCUT2D eigenvalue weighted by molar-refractivity contribution is 1.04. The molecule has 278 valence electrons. The van der Waals surface area contributed by atoms with Gasteiger partial charge in [0.05, 0.1) is 13.1 Å². The largest absolute Gasteiger partial charge is 0.339 e. The van der Waals surface area contributed by atoms with E-state index in [2.05, 4.69) is 220 Å². The number of anilines is 2. The second kappa shape index (κ2) is 18.8. The third-order valence-electron chi connectivity index (χ3n) is 9.76. The Hall–Kier alpha value is -5.66. The number of hydrogen-bond donors (Lipinski definition) is 2. The van der Waals surface area contributed by atoms with Gasteiger partial charge in [-0.15, -0.1) is 0 Å². The molecule has 0 atom stereocenters. The van der Waals surface area contributed by atoms with Crippen molar-refractivity contribution in [3.8, 4) is 0 Å². The highest BCUT2D eigenvalue weighted by atomic mass is 31.1. The van der Waals surface area contributed by atoms with Gasteiger partial charge in [0.25, 0.3) is 0 Å². The van der Waals surface area contributed by atoms with E-state index in [1.165, 1.54) is 43.5 Å². The molecule has 4 nitrogen and oxygen atoms in total. The van der Waals surface area contributed by atoms with Crippen LogP contribution in [-0.2, 0) is 13.1 Å². The Bertz CT molecular complexity index is 2110. The first-order valence-electron chi connectivity index (χ1n) is 19.1. The number of para-hydroxylation sites is 2. The SMILES string of the molecule is Cc1cccc(C)c1NC(=NCc1ccc(CN=C(Nc2c(C)cccc2C)P(c2ccccc2)c2ccccc2)cc1)P(c1ccccc1)c1ccccc1. The molecule has 0 bridgehead atoms. The second-order valence-corrected chi connectivity index (χ2v) is 18.1. The molecule has 0 aromatic heterocycles. The third-order valence-corrected chi connectivity index (χ3v) is 14.4. The summed E-state index contributed by atoms with van der Waals surface area (Å²) >= 11 is 0. The van der Waals surface area contributed by atoms with Gasteiger partial charge >= 0.3 is 0 Å². The van der Waals surface area contributed by atoms with Gasteiger partial charge in [0.15, 0.2) is 0 Å². The fraction of sp³-hybridized carbons (Fsp3) is 0.120. The van der Waals surface area contributed by atoms with E-state index >= 15 is 0 Å². The number of rotatable bonds is 12. The standard InChI is InChI=1S/C50H48N4P2/c1-37-19-17-20-38(2)47(37)53-49(55(43-23-9-5-10-24-43)44-25-11-6-12-26-44)51-35-41-31-33-42(34-32-41)36-52-50(54-48-39(3)21-18-22-40(48)4)56(45-27-13-7-14-28-45)46-29-15-8-16-30-46/h5-34H,35-36H2,1-4H3,(H,51,53)(H,52,54). The summed E-state index contributed by atoms with van der Waals surface area (Å²) in [6, 6.07) is 64.8. The van der Waals surface area contributed by atoms with E-state index in [9.17, 15) is 0 Å². The van der Waals surface area contributed by atoms with Crippen molar-refractivity contribution in [1.29, 1.82) is 0 Å². The molecule has 7 rings (SSSR count). The van der Waals surface area contributed by atoms with Crippen molar-refractivity contribution in [2.75, 3.05) is 10.6 Å². The molecule has 0 amide bonds. The minimum absolute atomic E-state index is 0.558. The number of nitrogens with one attached hydrogen (secondary N) is 2. The number of benzene rings is 7. The highest BCUT2D eigenvalue weighted by molar-refractivity contribution is 7.88. The maximum Gasteiger partial charge on any atom is 0.133 e. The van der Waals surface area contributed by atoms with Crippen LogP contribution in [0, 0.1) is 27.7 Å². The zero-order valence-electron chi connectivity index (χ0n) is 32.5. The minimum atomic E-state index is -0.933. The van der Waals surface area contributed by atoms with Gasteiger partial charge in [-0.2, -0.15) is 0 Å². The Labute approximate surface area is 335 Å². The number of hydrogen-bond acceptors (Lipinski definition) is 2. The summed E-state index contributed by atoms with van der Waals surface area (Å²) in [6.45, 7) is 9.76. The van der Waals surface area contributed by atoms with E-state index in [1.54, 1.807) is 0 Å². The number of amidine groups is 2. The molecule has 0 aliphatic rings. The molecule has 0 saturated carbocycles. The molecule has 7 aromatic carbocycles. The van der Waals surface area contributed by atoms with Crippen molar-refractivity contribution in [2.24, 2.45) is 9.98 Å². The second-order valence-electron chi connectivity index (χ2n) is 13.9. The smallest absolute Gasteiger partial charge is 0.133 e. The van der Waals surface area contributed by atoms with Gasteiger partial charge < -0.3 is 10.6 Å².